The number of oxime groups is 1. The third kappa shape index (κ3) is 10.7. The zero-order chi connectivity index (χ0) is 20.1. The van der Waals surface area contributed by atoms with Crippen molar-refractivity contribution in [1.82, 2.24) is 0 Å². The number of aryl methyl sites for hydroxylation is 1. The summed E-state index contributed by atoms with van der Waals surface area (Å²) in [7, 11) is 0. The van der Waals surface area contributed by atoms with Gasteiger partial charge >= 0.3 is 0 Å². The van der Waals surface area contributed by atoms with Gasteiger partial charge in [0.2, 0.25) is 0 Å². The summed E-state index contributed by atoms with van der Waals surface area (Å²) in [6.45, 7) is 7.45. The monoisotopic (exact) mass is 435 g/mol. The highest BCUT2D eigenvalue weighted by Gasteiger charge is 2.11. The number of halogens is 3. The highest BCUT2D eigenvalue weighted by atomic mass is 35.5. The van der Waals surface area contributed by atoms with Crippen LogP contribution < -0.4 is 9.47 Å². The van der Waals surface area contributed by atoms with Crippen molar-refractivity contribution in [2.24, 2.45) is 5.16 Å². The van der Waals surface area contributed by atoms with Crippen LogP contribution in [0.15, 0.2) is 27.9 Å². The molecule has 1 aromatic rings. The average molecular weight is 437 g/mol. The maximum absolute atomic E-state index is 6.42. The smallest absolute Gasteiger partial charge is 0.141 e. The molecule has 0 atom stereocenters. The maximum Gasteiger partial charge on any atom is 0.141 e. The van der Waals surface area contributed by atoms with Gasteiger partial charge in [-0.2, -0.15) is 0 Å². The molecule has 0 aromatic heterocycles. The summed E-state index contributed by atoms with van der Waals surface area (Å²) in [5.41, 5.74) is 1.96. The summed E-state index contributed by atoms with van der Waals surface area (Å²) < 4.78 is 11.8. The van der Waals surface area contributed by atoms with E-state index in [9.17, 15) is 0 Å². The molecule has 0 N–H and O–H groups in total. The second-order valence-electron chi connectivity index (χ2n) is 6.23. The lowest BCUT2D eigenvalue weighted by Gasteiger charge is -2.15. The Morgan fingerprint density at radius 1 is 1.07 bits per heavy atom. The van der Waals surface area contributed by atoms with Crippen LogP contribution in [0.2, 0.25) is 5.02 Å². The van der Waals surface area contributed by atoms with E-state index in [1.165, 1.54) is 0 Å². The van der Waals surface area contributed by atoms with Gasteiger partial charge in [-0.3, -0.25) is 0 Å². The van der Waals surface area contributed by atoms with Crippen LogP contribution in [0.1, 0.15) is 52.0 Å². The van der Waals surface area contributed by atoms with E-state index >= 15 is 0 Å². The van der Waals surface area contributed by atoms with E-state index in [1.54, 1.807) is 12.1 Å². The maximum atomic E-state index is 6.42. The van der Waals surface area contributed by atoms with E-state index in [0.717, 1.165) is 49.1 Å². The Kier molecular flexibility index (Phi) is 12.4. The van der Waals surface area contributed by atoms with Crippen molar-refractivity contribution >= 4 is 40.5 Å². The first-order valence-electron chi connectivity index (χ1n) is 9.16. The van der Waals surface area contributed by atoms with Crippen LogP contribution in [-0.4, -0.2) is 25.5 Å². The standard InChI is InChI=1S/C20H28Cl3NO3/c1-4-8-16-13-17(25-12-9-19(22)23)14-18(21)20(16)26-10-6-5-7-11-27-24-15(2)3/h9,13-14H,4-8,10-12H2,1-3H3. The third-order valence-corrected chi connectivity index (χ3v) is 4.06. The van der Waals surface area contributed by atoms with Crippen molar-refractivity contribution in [3.05, 3.63) is 33.3 Å². The molecule has 0 amide bonds. The molecule has 0 spiro atoms. The Labute approximate surface area is 177 Å². The molecule has 1 rings (SSSR count). The SMILES string of the molecule is CCCc1cc(OCC=C(Cl)Cl)cc(Cl)c1OCCCCCON=C(C)C. The largest absolute Gasteiger partial charge is 0.492 e. The summed E-state index contributed by atoms with van der Waals surface area (Å²) in [5, 5.41) is 4.46. The molecule has 1 aromatic carbocycles. The van der Waals surface area contributed by atoms with Gasteiger partial charge in [0, 0.05) is 6.07 Å². The van der Waals surface area contributed by atoms with Crippen molar-refractivity contribution in [3.8, 4) is 11.5 Å². The van der Waals surface area contributed by atoms with E-state index in [0.29, 0.717) is 24.0 Å². The van der Waals surface area contributed by atoms with Crippen LogP contribution in [0.3, 0.4) is 0 Å². The zero-order valence-corrected chi connectivity index (χ0v) is 18.5. The van der Waals surface area contributed by atoms with Crippen LogP contribution in [0.4, 0.5) is 0 Å². The fourth-order valence-electron chi connectivity index (χ4n) is 2.32. The second kappa shape index (κ2) is 14.0. The predicted molar refractivity (Wildman–Crippen MR) is 115 cm³/mol. The highest BCUT2D eigenvalue weighted by molar-refractivity contribution is 6.55. The van der Waals surface area contributed by atoms with E-state index in [-0.39, 0.29) is 11.1 Å². The summed E-state index contributed by atoms with van der Waals surface area (Å²) in [5.74, 6) is 1.41. The predicted octanol–water partition coefficient (Wildman–Crippen LogP) is 6.95. The van der Waals surface area contributed by atoms with Gasteiger partial charge in [0.25, 0.3) is 0 Å². The van der Waals surface area contributed by atoms with Crippen LogP contribution in [0.25, 0.3) is 0 Å². The minimum Gasteiger partial charge on any atom is -0.492 e. The normalized spacial score (nSPS) is 10.3. The van der Waals surface area contributed by atoms with Crippen LogP contribution >= 0.6 is 34.8 Å². The molecule has 7 heteroatoms. The fourth-order valence-corrected chi connectivity index (χ4v) is 2.73. The van der Waals surface area contributed by atoms with Crippen molar-refractivity contribution in [3.63, 3.8) is 0 Å². The van der Waals surface area contributed by atoms with E-state index in [2.05, 4.69) is 12.1 Å². The molecule has 0 aliphatic carbocycles. The van der Waals surface area contributed by atoms with Gasteiger partial charge in [-0.1, -0.05) is 53.3 Å². The zero-order valence-electron chi connectivity index (χ0n) is 16.2. The summed E-state index contributed by atoms with van der Waals surface area (Å²) in [6, 6.07) is 3.71. The number of unbranched alkanes of at least 4 members (excludes halogenated alkanes) is 2. The van der Waals surface area contributed by atoms with Gasteiger partial charge in [0.05, 0.1) is 17.3 Å². The van der Waals surface area contributed by atoms with Gasteiger partial charge in [-0.05, 0) is 57.2 Å². The van der Waals surface area contributed by atoms with Gasteiger partial charge < -0.3 is 14.3 Å². The lowest BCUT2D eigenvalue weighted by atomic mass is 10.1. The lowest BCUT2D eigenvalue weighted by molar-refractivity contribution is 0.138. The van der Waals surface area contributed by atoms with Crippen LogP contribution in [0.5, 0.6) is 11.5 Å². The van der Waals surface area contributed by atoms with E-state index in [1.807, 2.05) is 19.9 Å². The second-order valence-corrected chi connectivity index (χ2v) is 7.64. The molecule has 0 fully saturated rings. The molecule has 0 unspecified atom stereocenters. The van der Waals surface area contributed by atoms with E-state index < -0.39 is 0 Å². The molecule has 152 valence electrons. The van der Waals surface area contributed by atoms with Gasteiger partial charge in [0.15, 0.2) is 0 Å². The Morgan fingerprint density at radius 3 is 2.48 bits per heavy atom. The first-order valence-corrected chi connectivity index (χ1v) is 10.3. The van der Waals surface area contributed by atoms with Crippen molar-refractivity contribution < 1.29 is 14.3 Å². The minimum atomic E-state index is 0.178. The van der Waals surface area contributed by atoms with Gasteiger partial charge in [-0.25, -0.2) is 0 Å². The van der Waals surface area contributed by atoms with Gasteiger partial charge in [-0.15, -0.1) is 0 Å². The minimum absolute atomic E-state index is 0.178. The van der Waals surface area contributed by atoms with Crippen LogP contribution in [0, 0.1) is 0 Å². The lowest BCUT2D eigenvalue weighted by Crippen LogP contribution is -2.03. The fraction of sp³-hybridized carbons (Fsp3) is 0.550. The topological polar surface area (TPSA) is 40.0 Å². The molecule has 0 saturated carbocycles. The molecule has 0 radical (unpaired) electrons. The number of nitrogens with zero attached hydrogens (tertiary/aromatic N) is 1. The first-order chi connectivity index (χ1) is 12.9. The number of hydrogen-bond acceptors (Lipinski definition) is 4. The Morgan fingerprint density at radius 2 is 1.81 bits per heavy atom. The highest BCUT2D eigenvalue weighted by Crippen LogP contribution is 2.34. The molecule has 0 aliphatic rings. The third-order valence-electron chi connectivity index (χ3n) is 3.47. The quantitative estimate of drug-likeness (QED) is 0.191. The summed E-state index contributed by atoms with van der Waals surface area (Å²) in [6.07, 6.45) is 6.30. The average Bonchev–Trinajstić information content (AvgIpc) is 2.58. The van der Waals surface area contributed by atoms with Gasteiger partial charge in [0.1, 0.15) is 29.2 Å². The molecular formula is C20H28Cl3NO3. The Hall–Kier alpha value is -1.10. The molecule has 0 saturated heterocycles. The number of hydrogen-bond donors (Lipinski definition) is 0. The Bertz CT molecular complexity index is 625. The molecule has 0 bridgehead atoms. The Balaban J connectivity index is 2.53. The molecule has 0 heterocycles. The van der Waals surface area contributed by atoms with E-state index in [4.69, 9.17) is 49.1 Å². The summed E-state index contributed by atoms with van der Waals surface area (Å²) >= 11 is 17.6. The molecular weight excluding hydrogens is 409 g/mol. The number of ether oxygens (including phenoxy) is 2. The molecule has 27 heavy (non-hydrogen) atoms. The van der Waals surface area contributed by atoms with Crippen molar-refractivity contribution in [1.29, 1.82) is 0 Å². The first kappa shape index (κ1) is 23.9. The summed E-state index contributed by atoms with van der Waals surface area (Å²) in [4.78, 5) is 5.18. The molecule has 4 nitrogen and oxygen atoms in total. The van der Waals surface area contributed by atoms with Crippen molar-refractivity contribution in [2.75, 3.05) is 19.8 Å². The number of rotatable bonds is 13. The van der Waals surface area contributed by atoms with Crippen LogP contribution in [-0.2, 0) is 11.3 Å². The molecule has 0 aliphatic heterocycles. The van der Waals surface area contributed by atoms with Crippen molar-refractivity contribution in [2.45, 2.75) is 52.9 Å². The number of benzene rings is 1.